The Hall–Kier alpha value is -3.65. The summed E-state index contributed by atoms with van der Waals surface area (Å²) >= 11 is 0. The van der Waals surface area contributed by atoms with Gasteiger partial charge in [-0.25, -0.2) is 0 Å². The van der Waals surface area contributed by atoms with Gasteiger partial charge in [0.05, 0.1) is 33.0 Å². The van der Waals surface area contributed by atoms with Crippen LogP contribution >= 0.6 is 0 Å². The molecule has 0 heterocycles. The Morgan fingerprint density at radius 3 is 1.23 bits per heavy atom. The average Bonchev–Trinajstić information content (AvgIpc) is 3.02. The fraction of sp³-hybridized carbons (Fsp3) is 0.265. The highest BCUT2D eigenvalue weighted by Gasteiger charge is 2.38. The van der Waals surface area contributed by atoms with Crippen molar-refractivity contribution in [1.29, 1.82) is 0 Å². The highest BCUT2D eigenvalue weighted by molar-refractivity contribution is 5.57. The van der Waals surface area contributed by atoms with Crippen LogP contribution in [0.15, 0.2) is 121 Å². The number of rotatable bonds is 17. The van der Waals surface area contributed by atoms with Crippen LogP contribution in [0, 0.1) is 0 Å². The summed E-state index contributed by atoms with van der Waals surface area (Å²) < 4.78 is 25.1. The monoisotopic (exact) mass is 540 g/mol. The van der Waals surface area contributed by atoms with E-state index in [0.717, 1.165) is 28.5 Å². The third-order valence-electron chi connectivity index (χ3n) is 6.49. The second-order valence-electron chi connectivity index (χ2n) is 9.44. The highest BCUT2D eigenvalue weighted by atomic mass is 16.6. The maximum atomic E-state index is 12.5. The molecule has 0 amide bonds. The third-order valence-corrected chi connectivity index (χ3v) is 6.49. The first-order chi connectivity index (χ1) is 19.8. The van der Waals surface area contributed by atoms with E-state index in [-0.39, 0.29) is 33.0 Å². The molecule has 6 nitrogen and oxygen atoms in total. The minimum atomic E-state index is -0.973. The second-order valence-corrected chi connectivity index (χ2v) is 9.44. The lowest BCUT2D eigenvalue weighted by molar-refractivity contribution is -0.194. The van der Waals surface area contributed by atoms with Crippen molar-refractivity contribution in [3.63, 3.8) is 0 Å². The maximum absolute atomic E-state index is 12.5. The Morgan fingerprint density at radius 1 is 0.500 bits per heavy atom. The van der Waals surface area contributed by atoms with Gasteiger partial charge in [0.2, 0.25) is 0 Å². The van der Waals surface area contributed by atoms with Crippen LogP contribution in [-0.2, 0) is 50.2 Å². The van der Waals surface area contributed by atoms with Gasteiger partial charge in [-0.2, -0.15) is 0 Å². The first kappa shape index (κ1) is 29.3. The van der Waals surface area contributed by atoms with Crippen LogP contribution in [0.2, 0.25) is 0 Å². The molecule has 0 radical (unpaired) electrons. The number of hydrogen-bond acceptors (Lipinski definition) is 6. The summed E-state index contributed by atoms with van der Waals surface area (Å²) in [6, 6.07) is 38.8. The van der Waals surface area contributed by atoms with Gasteiger partial charge < -0.3 is 28.8 Å². The number of aliphatic hydroxyl groups excluding tert-OH is 1. The van der Waals surface area contributed by atoms with Gasteiger partial charge in [-0.15, -0.1) is 0 Å². The van der Waals surface area contributed by atoms with E-state index < -0.39 is 24.4 Å². The molecule has 0 saturated carbocycles. The van der Waals surface area contributed by atoms with Gasteiger partial charge in [0.25, 0.3) is 0 Å². The zero-order valence-corrected chi connectivity index (χ0v) is 22.5. The molecule has 0 unspecified atom stereocenters. The standard InChI is InChI=1S/C34H36O6/c35-21-31(37-23-27-13-5-1-6-14-27)33(39-25-29-17-9-3-10-18-29)34(40-26-30-19-11-4-12-20-30)32(22-36)38-24-28-15-7-2-8-16-28/h1-21,31-34,36H,22-26H2/t31-,32+,33-,34-/m1/s1. The van der Waals surface area contributed by atoms with Crippen LogP contribution in [-0.4, -0.2) is 42.4 Å². The minimum Gasteiger partial charge on any atom is -0.394 e. The highest BCUT2D eigenvalue weighted by Crippen LogP contribution is 2.22. The predicted octanol–water partition coefficient (Wildman–Crippen LogP) is 5.52. The molecule has 4 aromatic carbocycles. The number of benzene rings is 4. The predicted molar refractivity (Wildman–Crippen MR) is 153 cm³/mol. The Kier molecular flexibility index (Phi) is 12.1. The third kappa shape index (κ3) is 9.23. The number of carbonyl (C=O) groups excluding carboxylic acids is 1. The van der Waals surface area contributed by atoms with Gasteiger partial charge in [-0.3, -0.25) is 0 Å². The molecule has 6 heteroatoms. The van der Waals surface area contributed by atoms with Crippen LogP contribution in [0.25, 0.3) is 0 Å². The van der Waals surface area contributed by atoms with Gasteiger partial charge >= 0.3 is 0 Å². The largest absolute Gasteiger partial charge is 0.394 e. The van der Waals surface area contributed by atoms with Crippen molar-refractivity contribution in [2.24, 2.45) is 0 Å². The van der Waals surface area contributed by atoms with E-state index in [4.69, 9.17) is 18.9 Å². The van der Waals surface area contributed by atoms with Crippen molar-refractivity contribution in [3.8, 4) is 0 Å². The summed E-state index contributed by atoms with van der Waals surface area (Å²) in [7, 11) is 0. The molecule has 4 rings (SSSR count). The molecule has 4 aromatic rings. The molecular weight excluding hydrogens is 504 g/mol. The molecule has 40 heavy (non-hydrogen) atoms. The number of carbonyl (C=O) groups is 1. The van der Waals surface area contributed by atoms with Gasteiger partial charge in [0.15, 0.2) is 6.29 Å². The van der Waals surface area contributed by atoms with Crippen LogP contribution in [0.1, 0.15) is 22.3 Å². The fourth-order valence-electron chi connectivity index (χ4n) is 4.33. The molecule has 0 spiro atoms. The van der Waals surface area contributed by atoms with E-state index in [1.54, 1.807) is 0 Å². The fourth-order valence-corrected chi connectivity index (χ4v) is 4.33. The molecule has 4 atom stereocenters. The minimum absolute atomic E-state index is 0.218. The first-order valence-corrected chi connectivity index (χ1v) is 13.4. The number of aldehydes is 1. The number of aliphatic hydroxyl groups is 1. The molecule has 0 aromatic heterocycles. The van der Waals surface area contributed by atoms with Crippen molar-refractivity contribution >= 4 is 6.29 Å². The summed E-state index contributed by atoms with van der Waals surface area (Å²) in [5, 5.41) is 10.5. The van der Waals surface area contributed by atoms with E-state index in [2.05, 4.69) is 0 Å². The molecule has 0 aliphatic rings. The van der Waals surface area contributed by atoms with E-state index >= 15 is 0 Å². The summed E-state index contributed by atoms with van der Waals surface area (Å²) in [6.07, 6.45) is -2.70. The van der Waals surface area contributed by atoms with Gasteiger partial charge in [-0.05, 0) is 22.3 Å². The lowest BCUT2D eigenvalue weighted by atomic mass is 10.0. The van der Waals surface area contributed by atoms with Crippen LogP contribution < -0.4 is 0 Å². The van der Waals surface area contributed by atoms with E-state index in [0.29, 0.717) is 0 Å². The van der Waals surface area contributed by atoms with Gasteiger partial charge in [0, 0.05) is 0 Å². The van der Waals surface area contributed by atoms with Crippen LogP contribution in [0.5, 0.6) is 0 Å². The van der Waals surface area contributed by atoms with Crippen molar-refractivity contribution < 1.29 is 28.8 Å². The van der Waals surface area contributed by atoms with E-state index in [1.807, 2.05) is 121 Å². The number of hydrogen-bond donors (Lipinski definition) is 1. The van der Waals surface area contributed by atoms with Gasteiger partial charge in [-0.1, -0.05) is 121 Å². The Bertz CT molecular complexity index is 1220. The van der Waals surface area contributed by atoms with Crippen LogP contribution in [0.3, 0.4) is 0 Å². The molecule has 0 fully saturated rings. The molecule has 208 valence electrons. The normalized spacial score (nSPS) is 14.2. The van der Waals surface area contributed by atoms with Crippen molar-refractivity contribution in [3.05, 3.63) is 144 Å². The molecule has 0 saturated heterocycles. The zero-order chi connectivity index (χ0) is 27.8. The van der Waals surface area contributed by atoms with Crippen molar-refractivity contribution in [2.45, 2.75) is 50.8 Å². The first-order valence-electron chi connectivity index (χ1n) is 13.4. The number of ether oxygens (including phenoxy) is 4. The molecule has 0 aliphatic heterocycles. The molecule has 0 bridgehead atoms. The SMILES string of the molecule is O=C[C@@H](OCc1ccccc1)[C@@H](OCc1ccccc1)[C@H](OCc1ccccc1)[C@H](CO)OCc1ccccc1. The van der Waals surface area contributed by atoms with Crippen LogP contribution in [0.4, 0.5) is 0 Å². The molecular formula is C34H36O6. The quantitative estimate of drug-likeness (QED) is 0.178. The van der Waals surface area contributed by atoms with Crippen molar-refractivity contribution in [1.82, 2.24) is 0 Å². The topological polar surface area (TPSA) is 74.2 Å². The summed E-state index contributed by atoms with van der Waals surface area (Å²) in [5.41, 5.74) is 3.77. The lowest BCUT2D eigenvalue weighted by Crippen LogP contribution is -2.51. The summed E-state index contributed by atoms with van der Waals surface area (Å²) in [4.78, 5) is 12.5. The average molecular weight is 541 g/mol. The van der Waals surface area contributed by atoms with E-state index in [1.165, 1.54) is 0 Å². The van der Waals surface area contributed by atoms with Crippen molar-refractivity contribution in [2.75, 3.05) is 6.61 Å². The maximum Gasteiger partial charge on any atom is 0.151 e. The smallest absolute Gasteiger partial charge is 0.151 e. The summed E-state index contributed by atoms with van der Waals surface area (Å²) in [5.74, 6) is 0. The molecule has 1 N–H and O–H groups in total. The Labute approximate surface area is 236 Å². The Morgan fingerprint density at radius 2 is 0.850 bits per heavy atom. The van der Waals surface area contributed by atoms with E-state index in [9.17, 15) is 9.90 Å². The zero-order valence-electron chi connectivity index (χ0n) is 22.5. The lowest BCUT2D eigenvalue weighted by Gasteiger charge is -2.35. The summed E-state index contributed by atoms with van der Waals surface area (Å²) in [6.45, 7) is 0.620. The molecule has 0 aliphatic carbocycles. The Balaban J connectivity index is 1.60. The second kappa shape index (κ2) is 16.5. The van der Waals surface area contributed by atoms with Gasteiger partial charge in [0.1, 0.15) is 24.4 Å².